The standard InChI is InChI=1S/C11H7N3O4/c15-11(16)7-5-12-10(13-6-7)8-3-1-2-4-9(8)14(17)18/h1-6H,(H,15,16). The molecule has 2 aromatic rings. The van der Waals surface area contributed by atoms with Gasteiger partial charge in [0.2, 0.25) is 0 Å². The van der Waals surface area contributed by atoms with Gasteiger partial charge in [0.1, 0.15) is 0 Å². The summed E-state index contributed by atoms with van der Waals surface area (Å²) in [5, 5.41) is 19.5. The highest BCUT2D eigenvalue weighted by Gasteiger charge is 2.16. The van der Waals surface area contributed by atoms with Gasteiger partial charge >= 0.3 is 5.97 Å². The van der Waals surface area contributed by atoms with Crippen LogP contribution in [-0.2, 0) is 0 Å². The largest absolute Gasteiger partial charge is 0.478 e. The number of nitro groups is 1. The molecule has 2 rings (SSSR count). The zero-order chi connectivity index (χ0) is 13.1. The Bertz CT molecular complexity index is 610. The summed E-state index contributed by atoms with van der Waals surface area (Å²) in [6, 6.07) is 6.00. The molecular weight excluding hydrogens is 238 g/mol. The number of aromatic carboxylic acids is 1. The van der Waals surface area contributed by atoms with Gasteiger partial charge in [-0.1, -0.05) is 12.1 Å². The lowest BCUT2D eigenvalue weighted by atomic mass is 10.1. The van der Waals surface area contributed by atoms with E-state index in [-0.39, 0.29) is 22.6 Å². The molecule has 0 spiro atoms. The van der Waals surface area contributed by atoms with Crippen LogP contribution in [0.5, 0.6) is 0 Å². The number of nitro benzene ring substituents is 1. The molecule has 0 fully saturated rings. The van der Waals surface area contributed by atoms with Gasteiger partial charge in [-0.2, -0.15) is 0 Å². The Hall–Kier alpha value is -2.83. The number of hydrogen-bond acceptors (Lipinski definition) is 5. The molecule has 1 heterocycles. The highest BCUT2D eigenvalue weighted by atomic mass is 16.6. The van der Waals surface area contributed by atoms with E-state index in [4.69, 9.17) is 5.11 Å². The van der Waals surface area contributed by atoms with Crippen molar-refractivity contribution < 1.29 is 14.8 Å². The molecule has 1 aromatic heterocycles. The fourth-order valence-corrected chi connectivity index (χ4v) is 1.40. The smallest absolute Gasteiger partial charge is 0.338 e. The Kier molecular flexibility index (Phi) is 2.96. The number of carboxylic acids is 1. The average Bonchev–Trinajstić information content (AvgIpc) is 2.39. The Morgan fingerprint density at radius 3 is 2.39 bits per heavy atom. The van der Waals surface area contributed by atoms with Crippen molar-refractivity contribution in [1.29, 1.82) is 0 Å². The molecule has 0 unspecified atom stereocenters. The van der Waals surface area contributed by atoms with Gasteiger partial charge in [-0.05, 0) is 6.07 Å². The summed E-state index contributed by atoms with van der Waals surface area (Å²) >= 11 is 0. The van der Waals surface area contributed by atoms with Crippen LogP contribution in [-0.4, -0.2) is 26.0 Å². The van der Waals surface area contributed by atoms with Crippen molar-refractivity contribution in [2.24, 2.45) is 0 Å². The van der Waals surface area contributed by atoms with Gasteiger partial charge in [0, 0.05) is 18.5 Å². The Morgan fingerprint density at radius 1 is 1.22 bits per heavy atom. The maximum absolute atomic E-state index is 10.8. The van der Waals surface area contributed by atoms with Crippen LogP contribution in [0.2, 0.25) is 0 Å². The second kappa shape index (κ2) is 4.58. The molecule has 1 N–H and O–H groups in total. The molecule has 7 nitrogen and oxygen atoms in total. The maximum Gasteiger partial charge on any atom is 0.338 e. The minimum absolute atomic E-state index is 0.0719. The topological polar surface area (TPSA) is 106 Å². The van der Waals surface area contributed by atoms with E-state index < -0.39 is 10.9 Å². The molecule has 0 aliphatic heterocycles. The minimum Gasteiger partial charge on any atom is -0.478 e. The summed E-state index contributed by atoms with van der Waals surface area (Å²) in [6.07, 6.45) is 2.22. The minimum atomic E-state index is -1.15. The molecule has 7 heteroatoms. The molecule has 0 amide bonds. The summed E-state index contributed by atoms with van der Waals surface area (Å²) in [5.41, 5.74) is 0.0531. The number of carbonyl (C=O) groups is 1. The van der Waals surface area contributed by atoms with Crippen molar-refractivity contribution in [2.75, 3.05) is 0 Å². The second-order valence-electron chi connectivity index (χ2n) is 3.37. The van der Waals surface area contributed by atoms with Gasteiger partial charge in [-0.3, -0.25) is 10.1 Å². The summed E-state index contributed by atoms with van der Waals surface area (Å²) in [6.45, 7) is 0. The molecule has 90 valence electrons. The molecule has 0 saturated heterocycles. The Morgan fingerprint density at radius 2 is 1.83 bits per heavy atom. The van der Waals surface area contributed by atoms with Gasteiger partial charge in [-0.25, -0.2) is 14.8 Å². The lowest BCUT2D eigenvalue weighted by Gasteiger charge is -2.01. The van der Waals surface area contributed by atoms with E-state index in [0.717, 1.165) is 12.4 Å². The van der Waals surface area contributed by atoms with Crippen molar-refractivity contribution in [3.63, 3.8) is 0 Å². The Labute approximate surface area is 101 Å². The lowest BCUT2D eigenvalue weighted by molar-refractivity contribution is -0.384. The third kappa shape index (κ3) is 2.14. The first-order valence-corrected chi connectivity index (χ1v) is 4.88. The SMILES string of the molecule is O=C(O)c1cnc(-c2ccccc2[N+](=O)[O-])nc1. The molecule has 0 saturated carbocycles. The van der Waals surface area contributed by atoms with E-state index in [1.807, 2.05) is 0 Å². The van der Waals surface area contributed by atoms with E-state index in [2.05, 4.69) is 9.97 Å². The van der Waals surface area contributed by atoms with Crippen LogP contribution in [0.3, 0.4) is 0 Å². The van der Waals surface area contributed by atoms with E-state index >= 15 is 0 Å². The monoisotopic (exact) mass is 245 g/mol. The fourth-order valence-electron chi connectivity index (χ4n) is 1.40. The van der Waals surface area contributed by atoms with Gasteiger partial charge < -0.3 is 5.11 Å². The van der Waals surface area contributed by atoms with Crippen molar-refractivity contribution in [3.8, 4) is 11.4 Å². The number of aromatic nitrogens is 2. The van der Waals surface area contributed by atoms with Gasteiger partial charge in [0.05, 0.1) is 16.1 Å². The number of carboxylic acid groups (broad SMARTS) is 1. The summed E-state index contributed by atoms with van der Waals surface area (Å²) in [4.78, 5) is 28.6. The first-order valence-electron chi connectivity index (χ1n) is 4.88. The molecule has 0 bridgehead atoms. The highest BCUT2D eigenvalue weighted by Crippen LogP contribution is 2.26. The molecule has 0 radical (unpaired) electrons. The average molecular weight is 245 g/mol. The molecular formula is C11H7N3O4. The number of rotatable bonds is 3. The fraction of sp³-hybridized carbons (Fsp3) is 0. The van der Waals surface area contributed by atoms with Crippen molar-refractivity contribution in [1.82, 2.24) is 9.97 Å². The third-order valence-electron chi connectivity index (χ3n) is 2.24. The van der Waals surface area contributed by atoms with Crippen molar-refractivity contribution in [2.45, 2.75) is 0 Å². The summed E-state index contributed by atoms with van der Waals surface area (Å²) < 4.78 is 0. The van der Waals surface area contributed by atoms with E-state index in [1.54, 1.807) is 6.07 Å². The van der Waals surface area contributed by atoms with Gasteiger partial charge in [0.25, 0.3) is 5.69 Å². The Balaban J connectivity index is 2.49. The molecule has 0 aliphatic rings. The quantitative estimate of drug-likeness (QED) is 0.652. The molecule has 18 heavy (non-hydrogen) atoms. The second-order valence-corrected chi connectivity index (χ2v) is 3.37. The van der Waals surface area contributed by atoms with Crippen LogP contribution in [0.1, 0.15) is 10.4 Å². The number of hydrogen-bond donors (Lipinski definition) is 1. The van der Waals surface area contributed by atoms with E-state index in [9.17, 15) is 14.9 Å². The van der Waals surface area contributed by atoms with Gasteiger partial charge in [-0.15, -0.1) is 0 Å². The molecule has 0 aliphatic carbocycles. The number of para-hydroxylation sites is 1. The number of benzene rings is 1. The van der Waals surface area contributed by atoms with E-state index in [1.165, 1.54) is 18.2 Å². The van der Waals surface area contributed by atoms with Crippen LogP contribution in [0, 0.1) is 10.1 Å². The third-order valence-corrected chi connectivity index (χ3v) is 2.24. The normalized spacial score (nSPS) is 10.0. The lowest BCUT2D eigenvalue weighted by Crippen LogP contribution is -2.00. The van der Waals surface area contributed by atoms with Crippen LogP contribution < -0.4 is 0 Å². The van der Waals surface area contributed by atoms with Crippen LogP contribution in [0.15, 0.2) is 36.7 Å². The molecule has 0 atom stereocenters. The van der Waals surface area contributed by atoms with Crippen LogP contribution >= 0.6 is 0 Å². The first-order chi connectivity index (χ1) is 8.59. The number of nitrogens with zero attached hydrogens (tertiary/aromatic N) is 3. The summed E-state index contributed by atoms with van der Waals surface area (Å²) in [7, 11) is 0. The maximum atomic E-state index is 10.8. The van der Waals surface area contributed by atoms with Crippen LogP contribution in [0.4, 0.5) is 5.69 Å². The predicted molar refractivity (Wildman–Crippen MR) is 61.1 cm³/mol. The highest BCUT2D eigenvalue weighted by molar-refractivity contribution is 5.87. The van der Waals surface area contributed by atoms with Crippen molar-refractivity contribution >= 4 is 11.7 Å². The zero-order valence-electron chi connectivity index (χ0n) is 8.98. The van der Waals surface area contributed by atoms with Gasteiger partial charge in [0.15, 0.2) is 5.82 Å². The van der Waals surface area contributed by atoms with E-state index in [0.29, 0.717) is 0 Å². The van der Waals surface area contributed by atoms with Crippen molar-refractivity contribution in [3.05, 3.63) is 52.3 Å². The zero-order valence-corrected chi connectivity index (χ0v) is 8.98. The molecule has 1 aromatic carbocycles. The van der Waals surface area contributed by atoms with Crippen LogP contribution in [0.25, 0.3) is 11.4 Å². The first kappa shape index (κ1) is 11.6. The summed E-state index contributed by atoms with van der Waals surface area (Å²) in [5.74, 6) is -1.03. The predicted octanol–water partition coefficient (Wildman–Crippen LogP) is 1.75.